The normalized spacial score (nSPS) is 17.8. The summed E-state index contributed by atoms with van der Waals surface area (Å²) < 4.78 is 24.9. The maximum atomic E-state index is 11.6. The van der Waals surface area contributed by atoms with Crippen LogP contribution in [0, 0.1) is 5.92 Å². The minimum Gasteiger partial charge on any atom is -0.365 e. The molecule has 2 aromatic rings. The van der Waals surface area contributed by atoms with Crippen LogP contribution in [0.25, 0.3) is 0 Å². The minimum atomic E-state index is -3.18. The van der Waals surface area contributed by atoms with E-state index in [2.05, 4.69) is 23.4 Å². The fourth-order valence-electron chi connectivity index (χ4n) is 2.78. The molecule has 0 spiro atoms. The van der Waals surface area contributed by atoms with Crippen molar-refractivity contribution in [2.24, 2.45) is 18.0 Å². The van der Waals surface area contributed by atoms with Crippen LogP contribution in [-0.4, -0.2) is 30.2 Å². The van der Waals surface area contributed by atoms with Crippen molar-refractivity contribution >= 4 is 15.5 Å². The zero-order valence-corrected chi connectivity index (χ0v) is 15.4. The number of rotatable bonds is 5. The number of benzene rings is 1. The van der Waals surface area contributed by atoms with Crippen molar-refractivity contribution in [3.63, 3.8) is 0 Å². The lowest BCUT2D eigenvalue weighted by molar-refractivity contribution is 0.602. The molecule has 6 nitrogen and oxygen atoms in total. The van der Waals surface area contributed by atoms with E-state index in [1.165, 1.54) is 6.26 Å². The fourth-order valence-corrected chi connectivity index (χ4v) is 3.41. The Morgan fingerprint density at radius 1 is 1.24 bits per heavy atom. The first-order valence-electron chi connectivity index (χ1n) is 8.13. The van der Waals surface area contributed by atoms with E-state index in [9.17, 15) is 8.42 Å². The third-order valence-electron chi connectivity index (χ3n) is 4.05. The number of nitrogens with one attached hydrogen (secondary N) is 1. The number of sulfone groups is 1. The van der Waals surface area contributed by atoms with Gasteiger partial charge >= 0.3 is 0 Å². The van der Waals surface area contributed by atoms with E-state index in [-0.39, 0.29) is 0 Å². The second-order valence-electron chi connectivity index (χ2n) is 6.42. The third kappa shape index (κ3) is 4.36. The molecule has 0 radical (unpaired) electrons. The van der Waals surface area contributed by atoms with Crippen molar-refractivity contribution in [1.29, 1.82) is 0 Å². The van der Waals surface area contributed by atoms with E-state index in [1.54, 1.807) is 16.8 Å². The first kappa shape index (κ1) is 17.4. The summed E-state index contributed by atoms with van der Waals surface area (Å²) >= 11 is 0. The monoisotopic (exact) mass is 358 g/mol. The summed E-state index contributed by atoms with van der Waals surface area (Å²) in [5.41, 5.74) is 2.86. The highest BCUT2D eigenvalue weighted by Crippen LogP contribution is 2.21. The largest absolute Gasteiger partial charge is 0.365 e. The van der Waals surface area contributed by atoms with Gasteiger partial charge in [0.05, 0.1) is 22.8 Å². The van der Waals surface area contributed by atoms with Gasteiger partial charge in [-0.15, -0.1) is 0 Å². The highest BCUT2D eigenvalue weighted by atomic mass is 32.2. The molecule has 2 heterocycles. The minimum absolute atomic E-state index is 0.324. The second-order valence-corrected chi connectivity index (χ2v) is 8.44. The van der Waals surface area contributed by atoms with Gasteiger partial charge in [0, 0.05) is 19.5 Å². The number of hydrogen-bond acceptors (Lipinski definition) is 5. The molecule has 0 saturated heterocycles. The summed E-state index contributed by atoms with van der Waals surface area (Å²) in [5.74, 6) is 1.18. The van der Waals surface area contributed by atoms with E-state index < -0.39 is 9.84 Å². The van der Waals surface area contributed by atoms with Crippen molar-refractivity contribution in [3.8, 4) is 0 Å². The van der Waals surface area contributed by atoms with Gasteiger partial charge in [0.25, 0.3) is 0 Å². The lowest BCUT2D eigenvalue weighted by Crippen LogP contribution is -2.20. The summed E-state index contributed by atoms with van der Waals surface area (Å²) in [6.45, 7) is 2.76. The first-order valence-corrected chi connectivity index (χ1v) is 10.0. The Kier molecular flexibility index (Phi) is 4.76. The van der Waals surface area contributed by atoms with Crippen LogP contribution in [0.1, 0.15) is 24.6 Å². The summed E-state index contributed by atoms with van der Waals surface area (Å²) in [6.07, 6.45) is 6.06. The van der Waals surface area contributed by atoms with Gasteiger partial charge in [0.1, 0.15) is 5.82 Å². The number of nitrogens with zero attached hydrogens (tertiary/aromatic N) is 3. The molecule has 25 heavy (non-hydrogen) atoms. The Balaban J connectivity index is 1.77. The van der Waals surface area contributed by atoms with Gasteiger partial charge in [0.2, 0.25) is 0 Å². The SMILES string of the molecule is CC1C=C(NCc2ccn(C)n2)N=C(c2ccc(S(C)(=O)=O)cc2)C1. The van der Waals surface area contributed by atoms with E-state index >= 15 is 0 Å². The molecule has 0 aliphatic carbocycles. The Morgan fingerprint density at radius 3 is 2.56 bits per heavy atom. The van der Waals surface area contributed by atoms with E-state index in [1.807, 2.05) is 31.4 Å². The number of hydrogen-bond donors (Lipinski definition) is 1. The van der Waals surface area contributed by atoms with Gasteiger partial charge in [-0.2, -0.15) is 5.10 Å². The number of aryl methyl sites for hydroxylation is 1. The molecule has 0 amide bonds. The Bertz CT molecular complexity index is 924. The molecule has 1 aromatic carbocycles. The zero-order valence-electron chi connectivity index (χ0n) is 14.6. The second kappa shape index (κ2) is 6.84. The Hall–Kier alpha value is -2.41. The van der Waals surface area contributed by atoms with Gasteiger partial charge in [-0.1, -0.05) is 19.1 Å². The fraction of sp³-hybridized carbons (Fsp3) is 0.333. The number of allylic oxidation sites excluding steroid dienone is 1. The maximum Gasteiger partial charge on any atom is 0.175 e. The average molecular weight is 358 g/mol. The molecule has 1 aromatic heterocycles. The van der Waals surface area contributed by atoms with Crippen molar-refractivity contribution in [1.82, 2.24) is 15.1 Å². The predicted octanol–water partition coefficient (Wildman–Crippen LogP) is 2.28. The Labute approximate surface area is 148 Å². The topological polar surface area (TPSA) is 76.3 Å². The van der Waals surface area contributed by atoms with Crippen LogP contribution in [0.4, 0.5) is 0 Å². The van der Waals surface area contributed by atoms with E-state index in [0.29, 0.717) is 17.4 Å². The lowest BCUT2D eigenvalue weighted by Gasteiger charge is -2.19. The van der Waals surface area contributed by atoms with Crippen LogP contribution >= 0.6 is 0 Å². The quantitative estimate of drug-likeness (QED) is 0.890. The van der Waals surface area contributed by atoms with Gasteiger partial charge in [0.15, 0.2) is 9.84 Å². The molecule has 132 valence electrons. The van der Waals surface area contributed by atoms with Crippen molar-refractivity contribution in [3.05, 3.63) is 59.7 Å². The smallest absolute Gasteiger partial charge is 0.175 e. The van der Waals surface area contributed by atoms with E-state index in [0.717, 1.165) is 29.2 Å². The maximum absolute atomic E-state index is 11.6. The lowest BCUT2D eigenvalue weighted by atomic mass is 9.96. The van der Waals surface area contributed by atoms with Crippen LogP contribution in [0.5, 0.6) is 0 Å². The zero-order chi connectivity index (χ0) is 18.0. The highest BCUT2D eigenvalue weighted by molar-refractivity contribution is 7.90. The van der Waals surface area contributed by atoms with E-state index in [4.69, 9.17) is 4.99 Å². The van der Waals surface area contributed by atoms with Gasteiger partial charge in [-0.05, 0) is 42.2 Å². The molecule has 1 unspecified atom stereocenters. The molecule has 0 fully saturated rings. The summed E-state index contributed by atoms with van der Waals surface area (Å²) in [4.78, 5) is 5.02. The summed E-state index contributed by atoms with van der Waals surface area (Å²) in [5, 5.41) is 7.66. The molecule has 0 bridgehead atoms. The first-order chi connectivity index (χ1) is 11.8. The van der Waals surface area contributed by atoms with Crippen molar-refractivity contribution in [2.45, 2.75) is 24.8 Å². The van der Waals surface area contributed by atoms with Gasteiger partial charge < -0.3 is 5.32 Å². The van der Waals surface area contributed by atoms with Crippen LogP contribution in [0.2, 0.25) is 0 Å². The molecular formula is C18H22N4O2S. The number of aromatic nitrogens is 2. The standard InChI is InChI=1S/C18H22N4O2S/c1-13-10-17(14-4-6-16(7-5-14)25(3,23)24)20-18(11-13)19-12-15-8-9-22(2)21-15/h4-9,11,13,19H,10,12H2,1-3H3. The van der Waals surface area contributed by atoms with Crippen LogP contribution in [-0.2, 0) is 23.4 Å². The van der Waals surface area contributed by atoms with Crippen LogP contribution in [0.15, 0.2) is 58.3 Å². The summed E-state index contributed by atoms with van der Waals surface area (Å²) in [6, 6.07) is 8.88. The summed E-state index contributed by atoms with van der Waals surface area (Å²) in [7, 11) is -1.29. The van der Waals surface area contributed by atoms with Crippen LogP contribution in [0.3, 0.4) is 0 Å². The van der Waals surface area contributed by atoms with Gasteiger partial charge in [-0.3, -0.25) is 4.68 Å². The molecule has 1 aliphatic rings. The predicted molar refractivity (Wildman–Crippen MR) is 98.0 cm³/mol. The molecule has 1 N–H and O–H groups in total. The highest BCUT2D eigenvalue weighted by Gasteiger charge is 2.16. The van der Waals surface area contributed by atoms with Crippen molar-refractivity contribution in [2.75, 3.05) is 6.26 Å². The molecule has 1 atom stereocenters. The molecule has 0 saturated carbocycles. The van der Waals surface area contributed by atoms with Crippen molar-refractivity contribution < 1.29 is 8.42 Å². The third-order valence-corrected chi connectivity index (χ3v) is 5.18. The molecule has 1 aliphatic heterocycles. The molecule has 3 rings (SSSR count). The average Bonchev–Trinajstić information content (AvgIpc) is 2.97. The Morgan fingerprint density at radius 2 is 1.96 bits per heavy atom. The van der Waals surface area contributed by atoms with Crippen LogP contribution < -0.4 is 5.32 Å². The number of aliphatic imine (C=N–C) groups is 1. The van der Waals surface area contributed by atoms with Gasteiger partial charge in [-0.25, -0.2) is 13.4 Å². The molecule has 7 heteroatoms. The molecular weight excluding hydrogens is 336 g/mol.